The van der Waals surface area contributed by atoms with Gasteiger partial charge in [-0.05, 0) is 49.6 Å². The van der Waals surface area contributed by atoms with E-state index in [1.54, 1.807) is 28.8 Å². The maximum Gasteiger partial charge on any atom is 0.243 e. The van der Waals surface area contributed by atoms with Gasteiger partial charge in [0.25, 0.3) is 0 Å². The third kappa shape index (κ3) is 9.73. The molecule has 3 aromatic rings. The van der Waals surface area contributed by atoms with Gasteiger partial charge in [-0.1, -0.05) is 89.9 Å². The second-order valence-corrected chi connectivity index (χ2v) is 11.9. The van der Waals surface area contributed by atoms with E-state index < -0.39 is 11.6 Å². The molecule has 0 radical (unpaired) electrons. The SMILES string of the molecule is CC(C)(C)NC(=O)C(Cc1ccccc1)N(Cc1ccc(Cl)cc1Cl)C(=O)CCSCc1ccccc1. The summed E-state index contributed by atoms with van der Waals surface area (Å²) in [5.41, 5.74) is 2.51. The Kier molecular flexibility index (Phi) is 10.9. The van der Waals surface area contributed by atoms with E-state index in [4.69, 9.17) is 23.2 Å². The van der Waals surface area contributed by atoms with E-state index in [9.17, 15) is 9.59 Å². The molecule has 0 bridgehead atoms. The summed E-state index contributed by atoms with van der Waals surface area (Å²) in [6.45, 7) is 6.03. The standard InChI is InChI=1S/C30H34Cl2N2O2S/c1-30(2,3)33-29(36)27(18-22-10-6-4-7-11-22)34(20-24-14-15-25(31)19-26(24)32)28(35)16-17-37-21-23-12-8-5-9-13-23/h4-15,19,27H,16-18,20-21H2,1-3H3,(H,33,36). The van der Waals surface area contributed by atoms with Gasteiger partial charge in [0.1, 0.15) is 6.04 Å². The monoisotopic (exact) mass is 556 g/mol. The van der Waals surface area contributed by atoms with E-state index in [1.165, 1.54) is 5.56 Å². The summed E-state index contributed by atoms with van der Waals surface area (Å²) < 4.78 is 0. The lowest BCUT2D eigenvalue weighted by molar-refractivity contribution is -0.141. The molecule has 196 valence electrons. The molecule has 0 spiro atoms. The maximum absolute atomic E-state index is 13.7. The predicted octanol–water partition coefficient (Wildman–Crippen LogP) is 7.17. The van der Waals surface area contributed by atoms with Crippen LogP contribution in [0.4, 0.5) is 0 Å². The Labute approximate surface area is 234 Å². The molecule has 0 saturated heterocycles. The molecular weight excluding hydrogens is 523 g/mol. The molecule has 4 nitrogen and oxygen atoms in total. The highest BCUT2D eigenvalue weighted by molar-refractivity contribution is 7.98. The fourth-order valence-corrected chi connectivity index (χ4v) is 5.27. The fraction of sp³-hybridized carbons (Fsp3) is 0.333. The van der Waals surface area contributed by atoms with Crippen molar-refractivity contribution in [3.05, 3.63) is 106 Å². The highest BCUT2D eigenvalue weighted by Crippen LogP contribution is 2.25. The van der Waals surface area contributed by atoms with Crippen molar-refractivity contribution in [3.63, 3.8) is 0 Å². The Bertz CT molecular complexity index is 1170. The summed E-state index contributed by atoms with van der Waals surface area (Å²) in [6, 6.07) is 24.5. The molecule has 3 rings (SSSR count). The van der Waals surface area contributed by atoms with Crippen molar-refractivity contribution in [2.75, 3.05) is 5.75 Å². The number of hydrogen-bond acceptors (Lipinski definition) is 3. The van der Waals surface area contributed by atoms with Crippen LogP contribution >= 0.6 is 35.0 Å². The van der Waals surface area contributed by atoms with Crippen LogP contribution in [0.1, 0.15) is 43.9 Å². The van der Waals surface area contributed by atoms with E-state index in [2.05, 4.69) is 17.4 Å². The van der Waals surface area contributed by atoms with Crippen molar-refractivity contribution in [2.24, 2.45) is 0 Å². The summed E-state index contributed by atoms with van der Waals surface area (Å²) in [6.07, 6.45) is 0.716. The van der Waals surface area contributed by atoms with Crippen LogP contribution in [0.15, 0.2) is 78.9 Å². The molecule has 7 heteroatoms. The second kappa shape index (κ2) is 13.9. The van der Waals surface area contributed by atoms with Crippen LogP contribution in [0, 0.1) is 0 Å². The highest BCUT2D eigenvalue weighted by Gasteiger charge is 2.32. The van der Waals surface area contributed by atoms with Gasteiger partial charge in [0.15, 0.2) is 0 Å². The Balaban J connectivity index is 1.85. The van der Waals surface area contributed by atoms with E-state index >= 15 is 0 Å². The zero-order chi connectivity index (χ0) is 26.8. The van der Waals surface area contributed by atoms with Crippen LogP contribution in [-0.2, 0) is 28.3 Å². The number of benzene rings is 3. The van der Waals surface area contributed by atoms with Gasteiger partial charge in [-0.3, -0.25) is 9.59 Å². The van der Waals surface area contributed by atoms with Gasteiger partial charge < -0.3 is 10.2 Å². The van der Waals surface area contributed by atoms with E-state index in [0.717, 1.165) is 16.9 Å². The average Bonchev–Trinajstić information content (AvgIpc) is 2.85. The van der Waals surface area contributed by atoms with E-state index in [0.29, 0.717) is 28.6 Å². The van der Waals surface area contributed by atoms with Crippen molar-refractivity contribution in [2.45, 2.75) is 57.5 Å². The third-order valence-corrected chi connectivity index (χ3v) is 7.31. The van der Waals surface area contributed by atoms with Crippen molar-refractivity contribution in [1.82, 2.24) is 10.2 Å². The minimum atomic E-state index is -0.694. The van der Waals surface area contributed by atoms with Gasteiger partial charge in [-0.2, -0.15) is 11.8 Å². The lowest BCUT2D eigenvalue weighted by Gasteiger charge is -2.34. The van der Waals surface area contributed by atoms with Crippen LogP contribution in [0.2, 0.25) is 10.0 Å². The zero-order valence-electron chi connectivity index (χ0n) is 21.5. The van der Waals surface area contributed by atoms with Gasteiger partial charge >= 0.3 is 0 Å². The first-order valence-corrected chi connectivity index (χ1v) is 14.2. The van der Waals surface area contributed by atoms with Crippen molar-refractivity contribution >= 4 is 46.8 Å². The number of carbonyl (C=O) groups excluding carboxylic acids is 2. The predicted molar refractivity (Wildman–Crippen MR) is 156 cm³/mol. The molecule has 0 aromatic heterocycles. The Morgan fingerprint density at radius 2 is 1.54 bits per heavy atom. The molecule has 37 heavy (non-hydrogen) atoms. The van der Waals surface area contributed by atoms with Crippen LogP contribution < -0.4 is 5.32 Å². The Morgan fingerprint density at radius 3 is 2.14 bits per heavy atom. The van der Waals surface area contributed by atoms with Crippen molar-refractivity contribution in [3.8, 4) is 0 Å². The topological polar surface area (TPSA) is 49.4 Å². The van der Waals surface area contributed by atoms with Crippen LogP contribution in [0.3, 0.4) is 0 Å². The van der Waals surface area contributed by atoms with Gasteiger partial charge in [0.2, 0.25) is 11.8 Å². The summed E-state index contributed by atoms with van der Waals surface area (Å²) >= 11 is 14.3. The Morgan fingerprint density at radius 1 is 0.919 bits per heavy atom. The minimum absolute atomic E-state index is 0.0865. The minimum Gasteiger partial charge on any atom is -0.350 e. The second-order valence-electron chi connectivity index (χ2n) is 9.99. The van der Waals surface area contributed by atoms with E-state index in [1.807, 2.05) is 75.4 Å². The Hall–Kier alpha value is -2.47. The summed E-state index contributed by atoms with van der Waals surface area (Å²) in [7, 11) is 0. The number of thioether (sulfide) groups is 1. The van der Waals surface area contributed by atoms with E-state index in [-0.39, 0.29) is 18.4 Å². The molecule has 0 fully saturated rings. The first-order chi connectivity index (χ1) is 17.6. The molecule has 1 N–H and O–H groups in total. The molecule has 0 aliphatic rings. The molecule has 1 atom stereocenters. The van der Waals surface area contributed by atoms with Crippen molar-refractivity contribution in [1.29, 1.82) is 0 Å². The number of amides is 2. The zero-order valence-corrected chi connectivity index (χ0v) is 23.9. The number of rotatable bonds is 11. The van der Waals surface area contributed by atoms with Gasteiger partial charge in [-0.15, -0.1) is 0 Å². The first-order valence-electron chi connectivity index (χ1n) is 12.3. The fourth-order valence-electron chi connectivity index (χ4n) is 3.91. The van der Waals surface area contributed by atoms with Gasteiger partial charge in [-0.25, -0.2) is 0 Å². The van der Waals surface area contributed by atoms with Crippen LogP contribution in [0.25, 0.3) is 0 Å². The summed E-state index contributed by atoms with van der Waals surface area (Å²) in [5.74, 6) is 1.20. The molecule has 0 aliphatic carbocycles. The van der Waals surface area contributed by atoms with Gasteiger partial charge in [0, 0.05) is 46.5 Å². The smallest absolute Gasteiger partial charge is 0.243 e. The lowest BCUT2D eigenvalue weighted by atomic mass is 10.0. The van der Waals surface area contributed by atoms with Crippen LogP contribution in [0.5, 0.6) is 0 Å². The third-order valence-electron chi connectivity index (χ3n) is 5.70. The molecule has 2 amide bonds. The lowest BCUT2D eigenvalue weighted by Crippen LogP contribution is -2.54. The first kappa shape index (κ1) is 29.1. The largest absolute Gasteiger partial charge is 0.350 e. The quantitative estimate of drug-likeness (QED) is 0.254. The maximum atomic E-state index is 13.7. The average molecular weight is 558 g/mol. The van der Waals surface area contributed by atoms with Gasteiger partial charge in [0.05, 0.1) is 0 Å². The molecule has 0 saturated carbocycles. The molecule has 1 unspecified atom stereocenters. The highest BCUT2D eigenvalue weighted by atomic mass is 35.5. The van der Waals surface area contributed by atoms with Crippen LogP contribution in [-0.4, -0.2) is 34.0 Å². The number of hydrogen-bond donors (Lipinski definition) is 1. The number of halogens is 2. The summed E-state index contributed by atoms with van der Waals surface area (Å²) in [5, 5.41) is 4.08. The summed E-state index contributed by atoms with van der Waals surface area (Å²) in [4.78, 5) is 29.0. The number of carbonyl (C=O) groups is 2. The number of nitrogens with one attached hydrogen (secondary N) is 1. The van der Waals surface area contributed by atoms with Crippen molar-refractivity contribution < 1.29 is 9.59 Å². The molecule has 3 aromatic carbocycles. The number of nitrogens with zero attached hydrogens (tertiary/aromatic N) is 1. The molecular formula is C30H34Cl2N2O2S. The molecule has 0 aliphatic heterocycles. The normalized spacial score (nSPS) is 12.1. The molecule has 0 heterocycles.